The van der Waals surface area contributed by atoms with Gasteiger partial charge >= 0.3 is 0 Å². The summed E-state index contributed by atoms with van der Waals surface area (Å²) in [5, 5.41) is 22.3. The van der Waals surface area contributed by atoms with E-state index >= 15 is 0 Å². The van der Waals surface area contributed by atoms with E-state index in [-0.39, 0.29) is 35.1 Å². The molecule has 0 unspecified atom stereocenters. The number of para-hydroxylation sites is 1. The van der Waals surface area contributed by atoms with Gasteiger partial charge in [-0.25, -0.2) is 10.1 Å². The predicted molar refractivity (Wildman–Crippen MR) is 132 cm³/mol. The third kappa shape index (κ3) is 5.11. The van der Waals surface area contributed by atoms with Crippen LogP contribution in [0.3, 0.4) is 0 Å². The first-order chi connectivity index (χ1) is 17.3. The molecule has 2 heterocycles. The molecule has 0 aliphatic rings. The van der Waals surface area contributed by atoms with Crippen molar-refractivity contribution in [3.63, 3.8) is 0 Å². The molecule has 0 radical (unpaired) electrons. The molecule has 184 valence electrons. The Kier molecular flexibility index (Phi) is 6.85. The first-order valence-corrected chi connectivity index (χ1v) is 10.6. The Morgan fingerprint density at radius 3 is 2.56 bits per heavy atom. The number of carbonyl (C=O) groups excluding carboxylic acids is 2. The summed E-state index contributed by atoms with van der Waals surface area (Å²) in [5.41, 5.74) is 16.5. The van der Waals surface area contributed by atoms with E-state index in [0.717, 1.165) is 11.3 Å². The fourth-order valence-corrected chi connectivity index (χ4v) is 3.25. The lowest BCUT2D eigenvalue weighted by molar-refractivity contribution is 0.0947. The van der Waals surface area contributed by atoms with Crippen LogP contribution < -0.4 is 27.1 Å². The van der Waals surface area contributed by atoms with Crippen LogP contribution in [0.25, 0.3) is 5.82 Å². The van der Waals surface area contributed by atoms with E-state index in [2.05, 4.69) is 41.1 Å². The van der Waals surface area contributed by atoms with Crippen LogP contribution in [0, 0.1) is 0 Å². The van der Waals surface area contributed by atoms with Crippen molar-refractivity contribution < 1.29 is 14.2 Å². The molecule has 0 saturated heterocycles. The molecule has 0 atom stereocenters. The van der Waals surface area contributed by atoms with Gasteiger partial charge in [0, 0.05) is 25.5 Å². The summed E-state index contributed by atoms with van der Waals surface area (Å²) < 4.78 is 5.87. The van der Waals surface area contributed by atoms with Crippen molar-refractivity contribution in [3.05, 3.63) is 71.0 Å². The number of rotatable bonds is 9. The van der Waals surface area contributed by atoms with Gasteiger partial charge in [-0.2, -0.15) is 9.78 Å². The van der Waals surface area contributed by atoms with Crippen molar-refractivity contribution in [3.8, 4) is 5.82 Å². The summed E-state index contributed by atoms with van der Waals surface area (Å²) in [5.74, 6) is -1.24. The van der Waals surface area contributed by atoms with E-state index in [1.54, 1.807) is 24.3 Å². The van der Waals surface area contributed by atoms with E-state index < -0.39 is 11.8 Å². The van der Waals surface area contributed by atoms with Gasteiger partial charge < -0.3 is 21.7 Å². The Labute approximate surface area is 204 Å². The number of nitrogens with one attached hydrogen (secondary N) is 2. The SMILES string of the molecule is CN(C)c1ccc(/C=N/NC(=O)c2nnn(-c3nonc3N)c2CNc2ccccc2C(N)=O)cc1. The molecule has 14 nitrogen and oxygen atoms in total. The average molecular weight is 490 g/mol. The van der Waals surface area contributed by atoms with Gasteiger partial charge in [0.05, 0.1) is 24.0 Å². The first-order valence-electron chi connectivity index (χ1n) is 10.6. The van der Waals surface area contributed by atoms with Crippen LogP contribution in [0.5, 0.6) is 0 Å². The lowest BCUT2D eigenvalue weighted by atomic mass is 10.1. The maximum Gasteiger partial charge on any atom is 0.293 e. The Hall–Kier alpha value is -5.27. The van der Waals surface area contributed by atoms with Crippen molar-refractivity contribution in [1.29, 1.82) is 0 Å². The number of hydrogen-bond donors (Lipinski definition) is 4. The monoisotopic (exact) mass is 489 g/mol. The first kappa shape index (κ1) is 23.9. The summed E-state index contributed by atoms with van der Waals surface area (Å²) in [6, 6.07) is 14.3. The highest BCUT2D eigenvalue weighted by molar-refractivity contribution is 5.98. The van der Waals surface area contributed by atoms with Crippen LogP contribution >= 0.6 is 0 Å². The number of amides is 2. The van der Waals surface area contributed by atoms with Crippen LogP contribution in [0.4, 0.5) is 17.2 Å². The molecular weight excluding hydrogens is 466 g/mol. The Bertz CT molecular complexity index is 1410. The second-order valence-corrected chi connectivity index (χ2v) is 7.72. The molecule has 2 aromatic carbocycles. The second-order valence-electron chi connectivity index (χ2n) is 7.72. The Morgan fingerprint density at radius 1 is 1.14 bits per heavy atom. The average Bonchev–Trinajstić information content (AvgIpc) is 3.48. The molecule has 0 bridgehead atoms. The van der Waals surface area contributed by atoms with Gasteiger partial charge in [-0.1, -0.05) is 29.5 Å². The van der Waals surface area contributed by atoms with Gasteiger partial charge in [0.2, 0.25) is 11.6 Å². The van der Waals surface area contributed by atoms with Crippen molar-refractivity contribution >= 4 is 35.2 Å². The molecule has 2 amide bonds. The minimum Gasteiger partial charge on any atom is -0.379 e. The number of primary amides is 1. The van der Waals surface area contributed by atoms with Crippen LogP contribution in [-0.2, 0) is 6.54 Å². The maximum atomic E-state index is 12.9. The Balaban J connectivity index is 1.57. The van der Waals surface area contributed by atoms with Gasteiger partial charge in [-0.15, -0.1) is 5.10 Å². The highest BCUT2D eigenvalue weighted by Crippen LogP contribution is 2.20. The minimum atomic E-state index is -0.627. The fourth-order valence-electron chi connectivity index (χ4n) is 3.25. The number of hydrogen-bond acceptors (Lipinski definition) is 11. The summed E-state index contributed by atoms with van der Waals surface area (Å²) >= 11 is 0. The largest absolute Gasteiger partial charge is 0.379 e. The summed E-state index contributed by atoms with van der Waals surface area (Å²) in [7, 11) is 3.89. The standard InChI is InChI=1S/C22H23N11O3/c1-32(2)14-9-7-13(8-10-14)11-26-28-22(35)18-17(33(31-27-18)21-19(23)29-36-30-21)12-25-16-6-4-3-5-15(16)20(24)34/h3-11,25H,12H2,1-2H3,(H2,23,29)(H2,24,34)(H,28,35)/b26-11+. The van der Waals surface area contributed by atoms with Gasteiger partial charge in [0.1, 0.15) is 0 Å². The maximum absolute atomic E-state index is 12.9. The van der Waals surface area contributed by atoms with E-state index in [9.17, 15) is 9.59 Å². The molecule has 6 N–H and O–H groups in total. The summed E-state index contributed by atoms with van der Waals surface area (Å²) in [6.45, 7) is 0.00204. The number of nitrogens with zero attached hydrogens (tertiary/aromatic N) is 7. The van der Waals surface area contributed by atoms with E-state index in [4.69, 9.17) is 11.5 Å². The quantitative estimate of drug-likeness (QED) is 0.192. The van der Waals surface area contributed by atoms with Crippen molar-refractivity contribution in [2.45, 2.75) is 6.54 Å². The zero-order valence-corrected chi connectivity index (χ0v) is 19.4. The fraction of sp³-hybridized carbons (Fsp3) is 0.136. The molecule has 0 fully saturated rings. The van der Waals surface area contributed by atoms with Crippen LogP contribution in [-0.4, -0.2) is 57.4 Å². The van der Waals surface area contributed by atoms with Crippen LogP contribution in [0.15, 0.2) is 58.3 Å². The molecule has 36 heavy (non-hydrogen) atoms. The summed E-state index contributed by atoms with van der Waals surface area (Å²) in [4.78, 5) is 26.7. The van der Waals surface area contributed by atoms with E-state index in [1.165, 1.54) is 10.9 Å². The smallest absolute Gasteiger partial charge is 0.293 e. The van der Waals surface area contributed by atoms with Crippen molar-refractivity contribution in [2.24, 2.45) is 10.8 Å². The lowest BCUT2D eigenvalue weighted by Gasteiger charge is -2.11. The van der Waals surface area contributed by atoms with E-state index in [1.807, 2.05) is 43.3 Å². The minimum absolute atomic E-state index is 0.00204. The number of hydrazone groups is 1. The third-order valence-corrected chi connectivity index (χ3v) is 5.10. The summed E-state index contributed by atoms with van der Waals surface area (Å²) in [6.07, 6.45) is 1.50. The zero-order chi connectivity index (χ0) is 25.7. The number of nitrogen functional groups attached to an aromatic ring is 1. The van der Waals surface area contributed by atoms with Gasteiger partial charge in [-0.3, -0.25) is 9.59 Å². The molecule has 2 aromatic heterocycles. The van der Waals surface area contributed by atoms with Crippen LogP contribution in [0.1, 0.15) is 32.1 Å². The number of carbonyl (C=O) groups is 2. The third-order valence-electron chi connectivity index (χ3n) is 5.10. The lowest BCUT2D eigenvalue weighted by Crippen LogP contribution is -2.22. The number of aromatic nitrogens is 5. The zero-order valence-electron chi connectivity index (χ0n) is 19.4. The highest BCUT2D eigenvalue weighted by Gasteiger charge is 2.24. The normalized spacial score (nSPS) is 10.9. The van der Waals surface area contributed by atoms with Gasteiger partial charge in [-0.05, 0) is 40.1 Å². The van der Waals surface area contributed by atoms with E-state index in [0.29, 0.717) is 5.69 Å². The molecule has 0 spiro atoms. The number of nitrogens with two attached hydrogens (primary N) is 2. The van der Waals surface area contributed by atoms with Gasteiger partial charge in [0.15, 0.2) is 5.69 Å². The number of anilines is 3. The van der Waals surface area contributed by atoms with Crippen molar-refractivity contribution in [2.75, 3.05) is 30.0 Å². The number of benzene rings is 2. The van der Waals surface area contributed by atoms with Crippen LogP contribution in [0.2, 0.25) is 0 Å². The van der Waals surface area contributed by atoms with Crippen molar-refractivity contribution in [1.82, 2.24) is 30.7 Å². The Morgan fingerprint density at radius 2 is 1.89 bits per heavy atom. The molecular formula is C22H23N11O3. The second kappa shape index (κ2) is 10.3. The molecule has 4 aromatic rings. The van der Waals surface area contributed by atoms with Gasteiger partial charge in [0.25, 0.3) is 11.8 Å². The molecule has 0 aliphatic carbocycles. The molecule has 14 heteroatoms. The highest BCUT2D eigenvalue weighted by atomic mass is 16.6. The molecule has 0 aliphatic heterocycles. The topological polar surface area (TPSA) is 195 Å². The predicted octanol–water partition coefficient (Wildman–Crippen LogP) is 0.773. The molecule has 0 saturated carbocycles. The molecule has 4 rings (SSSR count).